The van der Waals surface area contributed by atoms with E-state index in [2.05, 4.69) is 20.5 Å². The van der Waals surface area contributed by atoms with Crippen molar-refractivity contribution in [1.82, 2.24) is 15.2 Å². The highest BCUT2D eigenvalue weighted by Crippen LogP contribution is 2.35. The molecule has 4 rings (SSSR count). The monoisotopic (exact) mass is 361 g/mol. The molecule has 0 spiro atoms. The summed E-state index contributed by atoms with van der Waals surface area (Å²) < 4.78 is 0. The Kier molecular flexibility index (Phi) is 3.85. The third-order valence-electron chi connectivity index (χ3n) is 4.21. The molecule has 2 aromatic heterocycles. The quantitative estimate of drug-likeness (QED) is 0.377. The summed E-state index contributed by atoms with van der Waals surface area (Å²) in [7, 11) is 0. The van der Waals surface area contributed by atoms with Gasteiger partial charge in [0, 0.05) is 17.1 Å². The van der Waals surface area contributed by atoms with E-state index in [9.17, 15) is 9.90 Å². The minimum atomic E-state index is -1.18. The van der Waals surface area contributed by atoms with Crippen LogP contribution in [0.5, 0.6) is 5.75 Å². The zero-order valence-electron chi connectivity index (χ0n) is 14.0. The lowest BCUT2D eigenvalue weighted by atomic mass is 9.96. The van der Waals surface area contributed by atoms with Crippen LogP contribution in [0.25, 0.3) is 33.2 Å². The van der Waals surface area contributed by atoms with Gasteiger partial charge in [0.05, 0.1) is 5.52 Å². The molecule has 1 amide bonds. The van der Waals surface area contributed by atoms with Gasteiger partial charge in [0.25, 0.3) is 0 Å². The molecule has 27 heavy (non-hydrogen) atoms. The molecule has 0 aliphatic carbocycles. The second-order valence-corrected chi connectivity index (χ2v) is 5.96. The number of nitrogens with zero attached hydrogens (tertiary/aromatic N) is 2. The summed E-state index contributed by atoms with van der Waals surface area (Å²) in [4.78, 5) is 14.9. The number of hydrogen-bond donors (Lipinski definition) is 5. The number of phenolic OH excluding ortho intramolecular Hbond substituents is 1. The zero-order valence-corrected chi connectivity index (χ0v) is 14.0. The molecule has 0 saturated carbocycles. The van der Waals surface area contributed by atoms with Crippen LogP contribution in [-0.2, 0) is 0 Å². The number of H-pyrrole nitrogens is 1. The molecule has 6 N–H and O–H groups in total. The summed E-state index contributed by atoms with van der Waals surface area (Å²) in [6.45, 7) is 0. The third kappa shape index (κ3) is 3.11. The fraction of sp³-hybridized carbons (Fsp3) is 0. The number of carbonyl (C=O) groups is 1. The van der Waals surface area contributed by atoms with E-state index in [4.69, 9.17) is 10.8 Å². The average molecular weight is 361 g/mol. The van der Waals surface area contributed by atoms with E-state index in [-0.39, 0.29) is 11.6 Å². The number of anilines is 2. The van der Waals surface area contributed by atoms with Crippen molar-refractivity contribution in [2.45, 2.75) is 0 Å². The van der Waals surface area contributed by atoms with Crippen LogP contribution in [0, 0.1) is 0 Å². The van der Waals surface area contributed by atoms with Crippen molar-refractivity contribution in [2.24, 2.45) is 0 Å². The average Bonchev–Trinajstić information content (AvgIpc) is 3.02. The highest BCUT2D eigenvalue weighted by atomic mass is 16.4. The van der Waals surface area contributed by atoms with Crippen molar-refractivity contribution < 1.29 is 15.0 Å². The minimum Gasteiger partial charge on any atom is -0.508 e. The smallest absolute Gasteiger partial charge is 0.410 e. The van der Waals surface area contributed by atoms with Gasteiger partial charge in [0.15, 0.2) is 5.82 Å². The van der Waals surface area contributed by atoms with Crippen molar-refractivity contribution in [3.63, 3.8) is 0 Å². The molecule has 0 aliphatic heterocycles. The van der Waals surface area contributed by atoms with Crippen molar-refractivity contribution in [1.29, 1.82) is 0 Å². The molecule has 8 heteroatoms. The predicted octanol–water partition coefficient (Wildman–Crippen LogP) is 3.67. The first kappa shape index (κ1) is 16.4. The van der Waals surface area contributed by atoms with Crippen molar-refractivity contribution >= 4 is 28.6 Å². The van der Waals surface area contributed by atoms with Crippen LogP contribution in [0.1, 0.15) is 0 Å². The Bertz CT molecular complexity index is 1150. The zero-order chi connectivity index (χ0) is 19.0. The van der Waals surface area contributed by atoms with Crippen LogP contribution in [0.15, 0.2) is 54.7 Å². The van der Waals surface area contributed by atoms with Crippen molar-refractivity contribution in [3.8, 4) is 28.0 Å². The molecular weight excluding hydrogens is 346 g/mol. The van der Waals surface area contributed by atoms with Crippen LogP contribution < -0.4 is 11.1 Å². The van der Waals surface area contributed by atoms with E-state index in [1.165, 1.54) is 6.20 Å². The van der Waals surface area contributed by atoms with Crippen LogP contribution in [0.2, 0.25) is 0 Å². The van der Waals surface area contributed by atoms with E-state index >= 15 is 0 Å². The Morgan fingerprint density at radius 3 is 2.56 bits per heavy atom. The molecule has 0 bridgehead atoms. The number of aromatic hydroxyl groups is 1. The molecule has 0 unspecified atom stereocenters. The first-order valence-corrected chi connectivity index (χ1v) is 8.04. The lowest BCUT2D eigenvalue weighted by Gasteiger charge is -2.10. The molecule has 0 saturated heterocycles. The van der Waals surface area contributed by atoms with Gasteiger partial charge in [-0.15, -0.1) is 0 Å². The topological polar surface area (TPSA) is 137 Å². The highest BCUT2D eigenvalue weighted by Gasteiger charge is 2.13. The van der Waals surface area contributed by atoms with Gasteiger partial charge in [0.1, 0.15) is 11.6 Å². The summed E-state index contributed by atoms with van der Waals surface area (Å²) in [5.41, 5.74) is 10.1. The van der Waals surface area contributed by atoms with Gasteiger partial charge >= 0.3 is 6.09 Å². The largest absolute Gasteiger partial charge is 0.508 e. The number of fused-ring (bicyclic) bond motifs is 1. The van der Waals surface area contributed by atoms with Crippen LogP contribution >= 0.6 is 0 Å². The fourth-order valence-electron chi connectivity index (χ4n) is 2.96. The summed E-state index contributed by atoms with van der Waals surface area (Å²) in [6, 6.07) is 14.1. The highest BCUT2D eigenvalue weighted by molar-refractivity contribution is 6.02. The number of phenols is 1. The Morgan fingerprint density at radius 1 is 1.04 bits per heavy atom. The Morgan fingerprint density at radius 2 is 1.81 bits per heavy atom. The number of aromatic nitrogens is 3. The number of nitrogens with one attached hydrogen (secondary N) is 2. The van der Waals surface area contributed by atoms with Gasteiger partial charge in [-0.2, -0.15) is 5.10 Å². The number of aromatic amines is 1. The summed E-state index contributed by atoms with van der Waals surface area (Å²) in [5, 5.41) is 28.5. The Hall–Kier alpha value is -4.07. The molecule has 2 aromatic carbocycles. The van der Waals surface area contributed by atoms with Gasteiger partial charge in [0.2, 0.25) is 0 Å². The number of amides is 1. The molecular formula is C19H15N5O3. The van der Waals surface area contributed by atoms with Crippen LogP contribution in [-0.4, -0.2) is 31.5 Å². The summed E-state index contributed by atoms with van der Waals surface area (Å²) in [6.07, 6.45) is 0.350. The second kappa shape index (κ2) is 6.34. The van der Waals surface area contributed by atoms with Crippen LogP contribution in [0.3, 0.4) is 0 Å². The number of benzene rings is 2. The fourth-order valence-corrected chi connectivity index (χ4v) is 2.96. The van der Waals surface area contributed by atoms with Gasteiger partial charge in [-0.1, -0.05) is 12.1 Å². The molecule has 0 aliphatic rings. The van der Waals surface area contributed by atoms with E-state index in [0.29, 0.717) is 5.82 Å². The summed E-state index contributed by atoms with van der Waals surface area (Å²) in [5.74, 6) is 0.769. The van der Waals surface area contributed by atoms with E-state index in [1.807, 2.05) is 12.1 Å². The number of carboxylic acid groups (broad SMARTS) is 1. The lowest BCUT2D eigenvalue weighted by molar-refractivity contribution is 0.209. The van der Waals surface area contributed by atoms with E-state index in [0.717, 1.165) is 33.2 Å². The standard InChI is InChI=1S/C19H15N5O3/c20-18-15-8-12(11-5-6-21-16(9-11)22-19(26)27)7-14(17(15)23-24-18)10-1-3-13(25)4-2-10/h1-9,25H,(H,21,22)(H,26,27)(H3,20,23,24). The number of hydrogen-bond acceptors (Lipinski definition) is 5. The van der Waals surface area contributed by atoms with Gasteiger partial charge < -0.3 is 15.9 Å². The lowest BCUT2D eigenvalue weighted by Crippen LogP contribution is -2.08. The molecule has 134 valence electrons. The van der Waals surface area contributed by atoms with E-state index < -0.39 is 6.09 Å². The maximum absolute atomic E-state index is 10.9. The predicted molar refractivity (Wildman–Crippen MR) is 102 cm³/mol. The van der Waals surface area contributed by atoms with Crippen LogP contribution in [0.4, 0.5) is 16.4 Å². The molecule has 0 atom stereocenters. The maximum atomic E-state index is 10.9. The van der Waals surface area contributed by atoms with Gasteiger partial charge in [-0.05, 0) is 53.1 Å². The minimum absolute atomic E-state index is 0.175. The first-order chi connectivity index (χ1) is 13.0. The third-order valence-corrected chi connectivity index (χ3v) is 4.21. The Balaban J connectivity index is 1.91. The molecule has 8 nitrogen and oxygen atoms in total. The maximum Gasteiger partial charge on any atom is 0.410 e. The first-order valence-electron chi connectivity index (χ1n) is 8.04. The SMILES string of the molecule is Nc1n[nH]c2c(-c3ccc(O)cc3)cc(-c3ccnc(NC(=O)O)c3)cc12. The Labute approximate surface area is 153 Å². The number of pyridine rings is 1. The summed E-state index contributed by atoms with van der Waals surface area (Å²) >= 11 is 0. The molecule has 0 fully saturated rings. The number of nitrogens with two attached hydrogens (primary N) is 1. The van der Waals surface area contributed by atoms with E-state index in [1.54, 1.807) is 36.4 Å². The normalized spacial score (nSPS) is 10.8. The molecule has 4 aromatic rings. The van der Waals surface area contributed by atoms with Gasteiger partial charge in [-0.25, -0.2) is 9.78 Å². The molecule has 2 heterocycles. The number of nitrogen functional groups attached to an aromatic ring is 1. The number of rotatable bonds is 3. The molecule has 0 radical (unpaired) electrons. The van der Waals surface area contributed by atoms with Gasteiger partial charge in [-0.3, -0.25) is 10.4 Å². The van der Waals surface area contributed by atoms with Crippen molar-refractivity contribution in [2.75, 3.05) is 11.1 Å². The van der Waals surface area contributed by atoms with Crippen molar-refractivity contribution in [3.05, 3.63) is 54.7 Å². The second-order valence-electron chi connectivity index (χ2n) is 5.96.